The lowest BCUT2D eigenvalue weighted by Gasteiger charge is -2.30. The van der Waals surface area contributed by atoms with Crippen molar-refractivity contribution >= 4 is 18.2 Å². The van der Waals surface area contributed by atoms with Crippen LogP contribution in [0.25, 0.3) is 0 Å². The quantitative estimate of drug-likeness (QED) is 0.367. The van der Waals surface area contributed by atoms with Crippen molar-refractivity contribution < 1.29 is 29.0 Å². The Morgan fingerprint density at radius 2 is 1.71 bits per heavy atom. The van der Waals surface area contributed by atoms with Gasteiger partial charge < -0.3 is 19.9 Å². The van der Waals surface area contributed by atoms with Gasteiger partial charge in [0.25, 0.3) is 0 Å². The molecule has 138 valence electrons. The minimum atomic E-state index is -1.28. The van der Waals surface area contributed by atoms with Crippen LogP contribution in [0.15, 0.2) is 0 Å². The standard InChI is InChI=1S/C17H29NO6/c1-16(2,18-11-19)15(21)24-10-9-23-13-7-5-12(6-8-13)14(20)17(3,4)22/h11-13,22H,5-10H2,1-4H3,(H,18,19). The minimum Gasteiger partial charge on any atom is -0.462 e. The second kappa shape index (κ2) is 8.58. The molecular formula is C17H29NO6. The van der Waals surface area contributed by atoms with Gasteiger partial charge in [-0.2, -0.15) is 0 Å². The summed E-state index contributed by atoms with van der Waals surface area (Å²) in [5.41, 5.74) is -2.34. The van der Waals surface area contributed by atoms with E-state index in [4.69, 9.17) is 9.47 Å². The van der Waals surface area contributed by atoms with Gasteiger partial charge in [0.1, 0.15) is 17.7 Å². The summed E-state index contributed by atoms with van der Waals surface area (Å²) in [6.45, 7) is 6.56. The van der Waals surface area contributed by atoms with Crippen molar-refractivity contribution in [3.63, 3.8) is 0 Å². The highest BCUT2D eigenvalue weighted by Crippen LogP contribution is 2.29. The summed E-state index contributed by atoms with van der Waals surface area (Å²) < 4.78 is 10.8. The van der Waals surface area contributed by atoms with E-state index in [0.717, 1.165) is 12.8 Å². The maximum absolute atomic E-state index is 12.0. The molecule has 7 heteroatoms. The van der Waals surface area contributed by atoms with Gasteiger partial charge in [-0.05, 0) is 53.4 Å². The molecule has 0 radical (unpaired) electrons. The van der Waals surface area contributed by atoms with Crippen LogP contribution in [0.5, 0.6) is 0 Å². The highest BCUT2D eigenvalue weighted by Gasteiger charge is 2.34. The number of Topliss-reactive ketones (excluding diaryl/α,β-unsaturated/α-hetero) is 1. The Kier molecular flexibility index (Phi) is 7.35. The fourth-order valence-electron chi connectivity index (χ4n) is 2.73. The second-order valence-corrected chi connectivity index (χ2v) is 7.29. The first-order chi connectivity index (χ1) is 11.1. The van der Waals surface area contributed by atoms with Crippen molar-refractivity contribution in [2.75, 3.05) is 13.2 Å². The molecule has 0 unspecified atom stereocenters. The Morgan fingerprint density at radius 3 is 2.21 bits per heavy atom. The predicted octanol–water partition coefficient (Wildman–Crippen LogP) is 0.970. The third kappa shape index (κ3) is 6.20. The Hall–Kier alpha value is -1.47. The average Bonchev–Trinajstić information content (AvgIpc) is 2.50. The van der Waals surface area contributed by atoms with Crippen LogP contribution in [0.4, 0.5) is 0 Å². The number of amides is 1. The Balaban J connectivity index is 2.24. The molecular weight excluding hydrogens is 314 g/mol. The van der Waals surface area contributed by atoms with Crippen molar-refractivity contribution in [1.82, 2.24) is 5.32 Å². The number of hydrogen-bond acceptors (Lipinski definition) is 6. The van der Waals surface area contributed by atoms with Crippen molar-refractivity contribution in [2.24, 2.45) is 5.92 Å². The summed E-state index contributed by atoms with van der Waals surface area (Å²) in [7, 11) is 0. The van der Waals surface area contributed by atoms with Gasteiger partial charge in [-0.25, -0.2) is 4.79 Å². The van der Waals surface area contributed by atoms with E-state index in [-0.39, 0.29) is 31.0 Å². The Bertz CT molecular complexity index is 446. The molecule has 0 atom stereocenters. The molecule has 1 rings (SSSR count). The van der Waals surface area contributed by atoms with Crippen LogP contribution < -0.4 is 5.32 Å². The summed E-state index contributed by atoms with van der Waals surface area (Å²) in [6, 6.07) is 0. The summed E-state index contributed by atoms with van der Waals surface area (Å²) in [4.78, 5) is 34.2. The van der Waals surface area contributed by atoms with E-state index < -0.39 is 17.1 Å². The van der Waals surface area contributed by atoms with Gasteiger partial charge >= 0.3 is 5.97 Å². The first kappa shape index (κ1) is 20.6. The van der Waals surface area contributed by atoms with E-state index in [1.54, 1.807) is 13.8 Å². The van der Waals surface area contributed by atoms with Gasteiger partial charge in [0.15, 0.2) is 5.78 Å². The minimum absolute atomic E-state index is 0.0377. The van der Waals surface area contributed by atoms with Crippen molar-refractivity contribution in [2.45, 2.75) is 70.6 Å². The second-order valence-electron chi connectivity index (χ2n) is 7.29. The van der Waals surface area contributed by atoms with Crippen LogP contribution >= 0.6 is 0 Å². The lowest BCUT2D eigenvalue weighted by Crippen LogP contribution is -2.47. The largest absolute Gasteiger partial charge is 0.462 e. The first-order valence-corrected chi connectivity index (χ1v) is 8.35. The van der Waals surface area contributed by atoms with E-state index >= 15 is 0 Å². The van der Waals surface area contributed by atoms with Crippen LogP contribution in [0.2, 0.25) is 0 Å². The molecule has 0 saturated heterocycles. The monoisotopic (exact) mass is 343 g/mol. The molecule has 1 fully saturated rings. The topological polar surface area (TPSA) is 102 Å². The molecule has 1 saturated carbocycles. The van der Waals surface area contributed by atoms with Crippen LogP contribution in [0.3, 0.4) is 0 Å². The van der Waals surface area contributed by atoms with E-state index in [2.05, 4.69) is 5.32 Å². The molecule has 0 aromatic rings. The number of carbonyl (C=O) groups excluding carboxylic acids is 3. The smallest absolute Gasteiger partial charge is 0.331 e. The molecule has 1 aliphatic carbocycles. The van der Waals surface area contributed by atoms with E-state index in [1.165, 1.54) is 13.8 Å². The number of carbonyl (C=O) groups is 3. The fourth-order valence-corrected chi connectivity index (χ4v) is 2.73. The van der Waals surface area contributed by atoms with Gasteiger partial charge in [-0.1, -0.05) is 0 Å². The third-order valence-electron chi connectivity index (χ3n) is 4.25. The Labute approximate surface area is 143 Å². The van der Waals surface area contributed by atoms with Crippen LogP contribution in [-0.2, 0) is 23.9 Å². The van der Waals surface area contributed by atoms with E-state index in [1.807, 2.05) is 0 Å². The number of ketones is 1. The summed E-state index contributed by atoms with van der Waals surface area (Å²) >= 11 is 0. The average molecular weight is 343 g/mol. The van der Waals surface area contributed by atoms with Gasteiger partial charge in [-0.15, -0.1) is 0 Å². The van der Waals surface area contributed by atoms with Crippen molar-refractivity contribution in [1.29, 1.82) is 0 Å². The highest BCUT2D eigenvalue weighted by molar-refractivity contribution is 5.88. The molecule has 0 aromatic heterocycles. The first-order valence-electron chi connectivity index (χ1n) is 8.35. The number of ether oxygens (including phenoxy) is 2. The van der Waals surface area contributed by atoms with Crippen molar-refractivity contribution in [3.8, 4) is 0 Å². The van der Waals surface area contributed by atoms with Gasteiger partial charge in [0, 0.05) is 5.92 Å². The lowest BCUT2D eigenvalue weighted by molar-refractivity contribution is -0.153. The fraction of sp³-hybridized carbons (Fsp3) is 0.824. The predicted molar refractivity (Wildman–Crippen MR) is 87.2 cm³/mol. The van der Waals surface area contributed by atoms with Gasteiger partial charge in [0.2, 0.25) is 6.41 Å². The summed E-state index contributed by atoms with van der Waals surface area (Å²) in [5, 5.41) is 12.2. The SMILES string of the molecule is CC(C)(O)C(=O)C1CCC(OCCOC(=O)C(C)(C)NC=O)CC1. The maximum Gasteiger partial charge on any atom is 0.331 e. The molecule has 0 bridgehead atoms. The van der Waals surface area contributed by atoms with Crippen LogP contribution in [0, 0.1) is 5.92 Å². The van der Waals surface area contributed by atoms with E-state index in [0.29, 0.717) is 19.3 Å². The zero-order valence-corrected chi connectivity index (χ0v) is 15.0. The maximum atomic E-state index is 12.0. The summed E-state index contributed by atoms with van der Waals surface area (Å²) in [5.74, 6) is -0.740. The molecule has 0 heterocycles. The van der Waals surface area contributed by atoms with E-state index in [9.17, 15) is 19.5 Å². The molecule has 0 aromatic carbocycles. The number of hydrogen-bond donors (Lipinski definition) is 2. The number of nitrogens with one attached hydrogen (secondary N) is 1. The van der Waals surface area contributed by atoms with Crippen molar-refractivity contribution in [3.05, 3.63) is 0 Å². The molecule has 1 aliphatic rings. The summed E-state index contributed by atoms with van der Waals surface area (Å²) in [6.07, 6.45) is 3.39. The normalized spacial score (nSPS) is 21.9. The van der Waals surface area contributed by atoms with Gasteiger partial charge in [0.05, 0.1) is 12.7 Å². The molecule has 0 aliphatic heterocycles. The zero-order chi connectivity index (χ0) is 18.4. The molecule has 2 N–H and O–H groups in total. The van der Waals surface area contributed by atoms with Gasteiger partial charge in [-0.3, -0.25) is 9.59 Å². The lowest BCUT2D eigenvalue weighted by atomic mass is 9.80. The number of esters is 1. The molecule has 0 spiro atoms. The van der Waals surface area contributed by atoms with Crippen LogP contribution in [0.1, 0.15) is 53.4 Å². The molecule has 1 amide bonds. The zero-order valence-electron chi connectivity index (χ0n) is 15.0. The van der Waals surface area contributed by atoms with Crippen LogP contribution in [-0.4, -0.2) is 53.7 Å². The Morgan fingerprint density at radius 1 is 1.12 bits per heavy atom. The number of aliphatic hydroxyl groups is 1. The molecule has 24 heavy (non-hydrogen) atoms. The molecule has 7 nitrogen and oxygen atoms in total. The highest BCUT2D eigenvalue weighted by atomic mass is 16.6. The number of rotatable bonds is 9. The third-order valence-corrected chi connectivity index (χ3v) is 4.25.